The average molecular weight is 240 g/mol. The van der Waals surface area contributed by atoms with Gasteiger partial charge in [0.15, 0.2) is 0 Å². The Morgan fingerprint density at radius 1 is 1.62 bits per heavy atom. The first-order valence-corrected chi connectivity index (χ1v) is 5.72. The molecule has 2 atom stereocenters. The van der Waals surface area contributed by atoms with Crippen LogP contribution in [0.3, 0.4) is 0 Å². The molecular formula is C12H14ClNO2. The molecule has 0 aromatic heterocycles. The molecule has 0 aliphatic heterocycles. The number of benzene rings is 1. The van der Waals surface area contributed by atoms with Gasteiger partial charge in [0.05, 0.1) is 5.56 Å². The highest BCUT2D eigenvalue weighted by Crippen LogP contribution is 2.36. The molecule has 1 aliphatic rings. The zero-order valence-corrected chi connectivity index (χ0v) is 9.79. The van der Waals surface area contributed by atoms with Gasteiger partial charge < -0.3 is 10.4 Å². The number of amides is 1. The predicted octanol–water partition coefficient (Wildman–Crippen LogP) is 2.43. The predicted molar refractivity (Wildman–Crippen MR) is 62.7 cm³/mol. The van der Waals surface area contributed by atoms with Gasteiger partial charge >= 0.3 is 0 Å². The van der Waals surface area contributed by atoms with Crippen LogP contribution in [0.5, 0.6) is 5.75 Å². The highest BCUT2D eigenvalue weighted by Gasteiger charge is 2.32. The van der Waals surface area contributed by atoms with Crippen molar-refractivity contribution in [2.45, 2.75) is 13.3 Å². The van der Waals surface area contributed by atoms with Crippen LogP contribution in [0.2, 0.25) is 5.02 Å². The molecule has 2 unspecified atom stereocenters. The van der Waals surface area contributed by atoms with Gasteiger partial charge in [0.2, 0.25) is 0 Å². The first-order chi connectivity index (χ1) is 7.58. The number of aromatic hydroxyl groups is 1. The molecule has 1 aromatic carbocycles. The van der Waals surface area contributed by atoms with Crippen LogP contribution in [0.1, 0.15) is 23.7 Å². The second kappa shape index (κ2) is 4.34. The van der Waals surface area contributed by atoms with Crippen LogP contribution < -0.4 is 5.32 Å². The largest absolute Gasteiger partial charge is 0.507 e. The highest BCUT2D eigenvalue weighted by atomic mass is 35.5. The Bertz CT molecular complexity index is 419. The molecule has 16 heavy (non-hydrogen) atoms. The number of carbonyl (C=O) groups is 1. The Balaban J connectivity index is 1.97. The van der Waals surface area contributed by atoms with Gasteiger partial charge in [0, 0.05) is 11.6 Å². The maximum absolute atomic E-state index is 11.7. The van der Waals surface area contributed by atoms with Crippen LogP contribution in [0.25, 0.3) is 0 Å². The minimum atomic E-state index is -0.242. The van der Waals surface area contributed by atoms with E-state index in [-0.39, 0.29) is 17.2 Å². The van der Waals surface area contributed by atoms with E-state index in [9.17, 15) is 9.90 Å². The summed E-state index contributed by atoms with van der Waals surface area (Å²) in [5.41, 5.74) is 0.276. The van der Waals surface area contributed by atoms with Gasteiger partial charge in [0.25, 0.3) is 5.91 Å². The van der Waals surface area contributed by atoms with Gasteiger partial charge in [0.1, 0.15) is 5.75 Å². The zero-order valence-electron chi connectivity index (χ0n) is 9.03. The van der Waals surface area contributed by atoms with E-state index in [1.807, 2.05) is 0 Å². The molecule has 86 valence electrons. The lowest BCUT2D eigenvalue weighted by atomic mass is 10.2. The fourth-order valence-corrected chi connectivity index (χ4v) is 1.87. The van der Waals surface area contributed by atoms with E-state index >= 15 is 0 Å². The molecule has 3 nitrogen and oxygen atoms in total. The topological polar surface area (TPSA) is 49.3 Å². The Morgan fingerprint density at radius 3 is 2.88 bits per heavy atom. The van der Waals surface area contributed by atoms with Crippen LogP contribution in [-0.4, -0.2) is 17.6 Å². The van der Waals surface area contributed by atoms with Gasteiger partial charge in [-0.15, -0.1) is 0 Å². The molecule has 0 heterocycles. The van der Waals surface area contributed by atoms with E-state index in [0.717, 1.165) is 0 Å². The number of halogens is 1. The first-order valence-electron chi connectivity index (χ1n) is 5.34. The summed E-state index contributed by atoms with van der Waals surface area (Å²) < 4.78 is 0. The fourth-order valence-electron chi connectivity index (χ4n) is 1.70. The standard InChI is InChI=1S/C12H14ClNO2/c1-7-4-8(7)6-14-12(16)10-3-2-9(13)5-11(10)15/h2-3,5,7-8,15H,4,6H2,1H3,(H,14,16). The molecule has 2 rings (SSSR count). The number of phenols is 1. The molecular weight excluding hydrogens is 226 g/mol. The van der Waals surface area contributed by atoms with Crippen molar-refractivity contribution in [3.63, 3.8) is 0 Å². The van der Waals surface area contributed by atoms with Gasteiger partial charge in [-0.1, -0.05) is 18.5 Å². The molecule has 0 radical (unpaired) electrons. The van der Waals surface area contributed by atoms with Crippen LogP contribution in [0, 0.1) is 11.8 Å². The summed E-state index contributed by atoms with van der Waals surface area (Å²) in [6.45, 7) is 2.85. The number of phenolic OH excluding ortho intramolecular Hbond substituents is 1. The maximum atomic E-state index is 11.7. The summed E-state index contributed by atoms with van der Waals surface area (Å²) in [6.07, 6.45) is 1.17. The van der Waals surface area contributed by atoms with Gasteiger partial charge in [-0.2, -0.15) is 0 Å². The first kappa shape index (κ1) is 11.3. The molecule has 0 saturated heterocycles. The van der Waals surface area contributed by atoms with Crippen LogP contribution in [0.4, 0.5) is 0 Å². The summed E-state index contributed by atoms with van der Waals surface area (Å²) >= 11 is 5.69. The summed E-state index contributed by atoms with van der Waals surface area (Å²) in [5, 5.41) is 12.8. The van der Waals surface area contributed by atoms with Crippen molar-refractivity contribution in [3.8, 4) is 5.75 Å². The quantitative estimate of drug-likeness (QED) is 0.851. The number of rotatable bonds is 3. The smallest absolute Gasteiger partial charge is 0.255 e. The summed E-state index contributed by atoms with van der Waals surface area (Å²) in [7, 11) is 0. The van der Waals surface area contributed by atoms with Crippen molar-refractivity contribution in [3.05, 3.63) is 28.8 Å². The Hall–Kier alpha value is -1.22. The van der Waals surface area contributed by atoms with Crippen molar-refractivity contribution < 1.29 is 9.90 Å². The van der Waals surface area contributed by atoms with Gasteiger partial charge in [-0.25, -0.2) is 0 Å². The Kier molecular flexibility index (Phi) is 3.06. The van der Waals surface area contributed by atoms with Crippen LogP contribution in [0.15, 0.2) is 18.2 Å². The Morgan fingerprint density at radius 2 is 2.31 bits per heavy atom. The molecule has 1 aromatic rings. The summed E-state index contributed by atoms with van der Waals surface area (Å²) in [5.74, 6) is 0.986. The third-order valence-electron chi connectivity index (χ3n) is 3.01. The normalized spacial score (nSPS) is 22.9. The molecule has 1 aliphatic carbocycles. The van der Waals surface area contributed by atoms with E-state index in [2.05, 4.69) is 12.2 Å². The van der Waals surface area contributed by atoms with Crippen molar-refractivity contribution >= 4 is 17.5 Å². The lowest BCUT2D eigenvalue weighted by Gasteiger charge is -2.06. The number of nitrogens with one attached hydrogen (secondary N) is 1. The molecule has 1 amide bonds. The third-order valence-corrected chi connectivity index (χ3v) is 3.24. The Labute approximate surface area is 99.4 Å². The van der Waals surface area contributed by atoms with E-state index in [0.29, 0.717) is 23.4 Å². The molecule has 0 bridgehead atoms. The van der Waals surface area contributed by atoms with E-state index in [4.69, 9.17) is 11.6 Å². The van der Waals surface area contributed by atoms with E-state index in [1.54, 1.807) is 6.07 Å². The number of hydrogen-bond donors (Lipinski definition) is 2. The van der Waals surface area contributed by atoms with Crippen molar-refractivity contribution in [1.82, 2.24) is 5.32 Å². The van der Waals surface area contributed by atoms with Crippen molar-refractivity contribution in [2.24, 2.45) is 11.8 Å². The maximum Gasteiger partial charge on any atom is 0.255 e. The fraction of sp³-hybridized carbons (Fsp3) is 0.417. The minimum absolute atomic E-state index is 0.0751. The molecule has 0 spiro atoms. The van der Waals surface area contributed by atoms with Gasteiger partial charge in [-0.05, 0) is 36.5 Å². The second-order valence-electron chi connectivity index (χ2n) is 4.34. The number of carbonyl (C=O) groups excluding carboxylic acids is 1. The van der Waals surface area contributed by atoms with Crippen molar-refractivity contribution in [2.75, 3.05) is 6.54 Å². The molecule has 2 N–H and O–H groups in total. The lowest BCUT2D eigenvalue weighted by molar-refractivity contribution is 0.0948. The zero-order chi connectivity index (χ0) is 11.7. The molecule has 1 saturated carbocycles. The molecule has 1 fully saturated rings. The summed E-state index contributed by atoms with van der Waals surface area (Å²) in [6, 6.07) is 4.50. The SMILES string of the molecule is CC1CC1CNC(=O)c1ccc(Cl)cc1O. The summed E-state index contributed by atoms with van der Waals surface area (Å²) in [4.78, 5) is 11.7. The minimum Gasteiger partial charge on any atom is -0.507 e. The van der Waals surface area contributed by atoms with Crippen LogP contribution in [-0.2, 0) is 0 Å². The average Bonchev–Trinajstić information content (AvgIpc) is 2.91. The second-order valence-corrected chi connectivity index (χ2v) is 4.78. The van der Waals surface area contributed by atoms with Crippen LogP contribution >= 0.6 is 11.6 Å². The monoisotopic (exact) mass is 239 g/mol. The molecule has 4 heteroatoms. The van der Waals surface area contributed by atoms with E-state index in [1.165, 1.54) is 18.6 Å². The number of hydrogen-bond acceptors (Lipinski definition) is 2. The third kappa shape index (κ3) is 2.47. The van der Waals surface area contributed by atoms with Gasteiger partial charge in [-0.3, -0.25) is 4.79 Å². The lowest BCUT2D eigenvalue weighted by Crippen LogP contribution is -2.25. The van der Waals surface area contributed by atoms with Crippen molar-refractivity contribution in [1.29, 1.82) is 0 Å². The highest BCUT2D eigenvalue weighted by molar-refractivity contribution is 6.30. The van der Waals surface area contributed by atoms with E-state index < -0.39 is 0 Å².